The van der Waals surface area contributed by atoms with E-state index in [1.165, 1.54) is 17.8 Å². The van der Waals surface area contributed by atoms with Gasteiger partial charge in [0.25, 0.3) is 11.8 Å². The van der Waals surface area contributed by atoms with E-state index in [9.17, 15) is 9.59 Å². The van der Waals surface area contributed by atoms with Gasteiger partial charge in [-0.1, -0.05) is 42.5 Å². The van der Waals surface area contributed by atoms with Crippen molar-refractivity contribution in [3.8, 4) is 11.5 Å². The molecule has 0 bridgehead atoms. The summed E-state index contributed by atoms with van der Waals surface area (Å²) in [5, 5.41) is 6.18. The van der Waals surface area contributed by atoms with Crippen molar-refractivity contribution >= 4 is 46.2 Å². The van der Waals surface area contributed by atoms with E-state index in [1.807, 2.05) is 24.3 Å². The SMILES string of the molecule is COc1cccc(CCNC(=O)C(=Cc2ccc(SC(=S)N3CCOCC3)o2)NC(=O)c2ccccc2)c1OC. The number of amides is 2. The first-order valence-electron chi connectivity index (χ1n) is 12.7. The Morgan fingerprint density at radius 1 is 1.02 bits per heavy atom. The molecule has 0 saturated carbocycles. The van der Waals surface area contributed by atoms with Crippen LogP contribution < -0.4 is 20.1 Å². The van der Waals surface area contributed by atoms with E-state index in [0.29, 0.717) is 58.4 Å². The van der Waals surface area contributed by atoms with Gasteiger partial charge in [-0.15, -0.1) is 0 Å². The largest absolute Gasteiger partial charge is 0.493 e. The van der Waals surface area contributed by atoms with Crippen LogP contribution in [0.25, 0.3) is 6.08 Å². The molecule has 0 aliphatic carbocycles. The van der Waals surface area contributed by atoms with Gasteiger partial charge in [0, 0.05) is 31.3 Å². The third kappa shape index (κ3) is 7.87. The Kier molecular flexibility index (Phi) is 10.6. The van der Waals surface area contributed by atoms with Crippen LogP contribution in [0.2, 0.25) is 0 Å². The van der Waals surface area contributed by atoms with Crippen molar-refractivity contribution in [1.29, 1.82) is 0 Å². The van der Waals surface area contributed by atoms with Crippen LogP contribution in [0, 0.1) is 0 Å². The highest BCUT2D eigenvalue weighted by Crippen LogP contribution is 2.31. The Morgan fingerprint density at radius 2 is 1.80 bits per heavy atom. The lowest BCUT2D eigenvalue weighted by Crippen LogP contribution is -2.38. The first kappa shape index (κ1) is 29.2. The predicted octanol–water partition coefficient (Wildman–Crippen LogP) is 4.14. The number of ether oxygens (including phenoxy) is 3. The van der Waals surface area contributed by atoms with Crippen LogP contribution in [0.15, 0.2) is 75.9 Å². The number of nitrogens with one attached hydrogen (secondary N) is 2. The normalized spacial score (nSPS) is 13.4. The number of thioether (sulfide) groups is 1. The summed E-state index contributed by atoms with van der Waals surface area (Å²) in [6.45, 7) is 3.04. The molecule has 4 rings (SSSR count). The lowest BCUT2D eigenvalue weighted by molar-refractivity contribution is -0.117. The van der Waals surface area contributed by atoms with Crippen molar-refractivity contribution in [3.63, 3.8) is 0 Å². The van der Waals surface area contributed by atoms with Crippen LogP contribution in [0.5, 0.6) is 11.5 Å². The number of morpholine rings is 1. The fourth-order valence-corrected chi connectivity index (χ4v) is 5.19. The number of carbonyl (C=O) groups excluding carboxylic acids is 2. The third-order valence-electron chi connectivity index (χ3n) is 6.04. The number of thiocarbonyl (C=S) groups is 1. The summed E-state index contributed by atoms with van der Waals surface area (Å²) in [6, 6.07) is 17.8. The van der Waals surface area contributed by atoms with Crippen LogP contribution in [-0.2, 0) is 16.0 Å². The molecule has 0 atom stereocenters. The van der Waals surface area contributed by atoms with E-state index < -0.39 is 11.8 Å². The van der Waals surface area contributed by atoms with Gasteiger partial charge in [-0.05, 0) is 54.1 Å². The molecule has 0 radical (unpaired) electrons. The number of furan rings is 1. The number of methoxy groups -OCH3 is 2. The van der Waals surface area contributed by atoms with Gasteiger partial charge >= 0.3 is 0 Å². The van der Waals surface area contributed by atoms with Crippen LogP contribution in [0.3, 0.4) is 0 Å². The zero-order chi connectivity index (χ0) is 28.3. The highest BCUT2D eigenvalue weighted by Gasteiger charge is 2.18. The Bertz CT molecular complexity index is 1350. The van der Waals surface area contributed by atoms with Gasteiger partial charge in [0.1, 0.15) is 15.8 Å². The lowest BCUT2D eigenvalue weighted by atomic mass is 10.1. The van der Waals surface area contributed by atoms with Crippen LogP contribution in [-0.4, -0.2) is 68.1 Å². The molecule has 1 fully saturated rings. The predicted molar refractivity (Wildman–Crippen MR) is 158 cm³/mol. The van der Waals surface area contributed by atoms with Crippen molar-refractivity contribution < 1.29 is 28.2 Å². The summed E-state index contributed by atoms with van der Waals surface area (Å²) in [5.41, 5.74) is 1.35. The quantitative estimate of drug-likeness (QED) is 0.208. The zero-order valence-corrected chi connectivity index (χ0v) is 23.9. The zero-order valence-electron chi connectivity index (χ0n) is 22.3. The third-order valence-corrected chi connectivity index (χ3v) is 7.40. The lowest BCUT2D eigenvalue weighted by Gasteiger charge is -2.28. The Labute approximate surface area is 242 Å². The molecule has 1 aliphatic rings. The molecule has 0 unspecified atom stereocenters. The molecule has 2 amide bonds. The first-order valence-corrected chi connectivity index (χ1v) is 13.9. The minimum atomic E-state index is -0.458. The molecule has 40 heavy (non-hydrogen) atoms. The fraction of sp³-hybridized carbons (Fsp3) is 0.276. The van der Waals surface area contributed by atoms with E-state index in [1.54, 1.807) is 50.6 Å². The van der Waals surface area contributed by atoms with E-state index in [0.717, 1.165) is 18.7 Å². The standard InChI is InChI=1S/C29H31N3O6S2/c1-35-24-10-6-9-20(26(24)36-2)13-14-30-28(34)23(31-27(33)21-7-4-3-5-8-21)19-22-11-12-25(38-22)40-29(39)32-15-17-37-18-16-32/h3-12,19H,13-18H2,1-2H3,(H,30,34)(H,31,33). The molecule has 1 aliphatic heterocycles. The molecule has 3 aromatic rings. The smallest absolute Gasteiger partial charge is 0.267 e. The highest BCUT2D eigenvalue weighted by atomic mass is 32.2. The minimum Gasteiger partial charge on any atom is -0.493 e. The number of para-hydroxylation sites is 1. The summed E-state index contributed by atoms with van der Waals surface area (Å²) < 4.78 is 22.8. The van der Waals surface area contributed by atoms with Gasteiger partial charge in [-0.25, -0.2) is 0 Å². The maximum absolute atomic E-state index is 13.2. The molecule has 1 aromatic heterocycles. The van der Waals surface area contributed by atoms with E-state index >= 15 is 0 Å². The molecule has 2 N–H and O–H groups in total. The van der Waals surface area contributed by atoms with E-state index in [-0.39, 0.29) is 5.70 Å². The Morgan fingerprint density at radius 3 is 2.52 bits per heavy atom. The van der Waals surface area contributed by atoms with Crippen molar-refractivity contribution in [3.05, 3.63) is 83.2 Å². The van der Waals surface area contributed by atoms with Crippen LogP contribution in [0.4, 0.5) is 0 Å². The summed E-state index contributed by atoms with van der Waals surface area (Å²) in [6.07, 6.45) is 2.00. The summed E-state index contributed by atoms with van der Waals surface area (Å²) in [5.74, 6) is 0.761. The van der Waals surface area contributed by atoms with Gasteiger partial charge in [0.15, 0.2) is 16.6 Å². The molecule has 9 nitrogen and oxygen atoms in total. The van der Waals surface area contributed by atoms with Gasteiger partial charge < -0.3 is 34.2 Å². The molecule has 210 valence electrons. The number of hydrogen-bond donors (Lipinski definition) is 2. The first-order chi connectivity index (χ1) is 19.5. The second kappa shape index (κ2) is 14.5. The second-order valence-corrected chi connectivity index (χ2v) is 10.3. The number of rotatable bonds is 10. The van der Waals surface area contributed by atoms with Gasteiger partial charge in [0.05, 0.1) is 27.4 Å². The average Bonchev–Trinajstić information content (AvgIpc) is 3.43. The topological polar surface area (TPSA) is 102 Å². The fourth-order valence-electron chi connectivity index (χ4n) is 4.00. The van der Waals surface area contributed by atoms with Crippen LogP contribution >= 0.6 is 24.0 Å². The highest BCUT2D eigenvalue weighted by molar-refractivity contribution is 8.22. The number of carbonyl (C=O) groups is 2. The monoisotopic (exact) mass is 581 g/mol. The molecule has 11 heteroatoms. The summed E-state index contributed by atoms with van der Waals surface area (Å²) in [4.78, 5) is 28.2. The van der Waals surface area contributed by atoms with E-state index in [2.05, 4.69) is 15.5 Å². The Hall–Kier alpha value is -3.80. The van der Waals surface area contributed by atoms with Crippen LogP contribution in [0.1, 0.15) is 21.7 Å². The minimum absolute atomic E-state index is 0.0492. The Balaban J connectivity index is 1.47. The molecule has 0 spiro atoms. The molecule has 2 heterocycles. The second-order valence-electron chi connectivity index (χ2n) is 8.66. The van der Waals surface area contributed by atoms with Crippen molar-refractivity contribution in [2.24, 2.45) is 0 Å². The maximum atomic E-state index is 13.2. The number of benzene rings is 2. The van der Waals surface area contributed by atoms with E-state index in [4.69, 9.17) is 30.8 Å². The molecule has 2 aromatic carbocycles. The van der Waals surface area contributed by atoms with Crippen molar-refractivity contribution in [1.82, 2.24) is 15.5 Å². The summed E-state index contributed by atoms with van der Waals surface area (Å²) in [7, 11) is 3.15. The van der Waals surface area contributed by atoms with Gasteiger partial charge in [-0.2, -0.15) is 0 Å². The van der Waals surface area contributed by atoms with Gasteiger partial charge in [0.2, 0.25) is 0 Å². The number of nitrogens with zero attached hydrogens (tertiary/aromatic N) is 1. The van der Waals surface area contributed by atoms with Crippen molar-refractivity contribution in [2.75, 3.05) is 47.1 Å². The van der Waals surface area contributed by atoms with Gasteiger partial charge in [-0.3, -0.25) is 9.59 Å². The average molecular weight is 582 g/mol. The maximum Gasteiger partial charge on any atom is 0.267 e. The molecular weight excluding hydrogens is 550 g/mol. The number of hydrogen-bond acceptors (Lipinski definition) is 8. The summed E-state index contributed by atoms with van der Waals surface area (Å²) >= 11 is 6.88. The molecule has 1 saturated heterocycles. The molecular formula is C29H31N3O6S2. The van der Waals surface area contributed by atoms with Crippen molar-refractivity contribution in [2.45, 2.75) is 11.5 Å².